The van der Waals surface area contributed by atoms with Gasteiger partial charge in [0.2, 0.25) is 0 Å². The first-order valence-corrected chi connectivity index (χ1v) is 16.1. The molecule has 43 heavy (non-hydrogen) atoms. The summed E-state index contributed by atoms with van der Waals surface area (Å²) in [5.41, 5.74) is 4.22. The van der Waals surface area contributed by atoms with Crippen LogP contribution in [0.4, 0.5) is 11.4 Å². The fraction of sp³-hybridized carbons (Fsp3) is 0.114. The summed E-state index contributed by atoms with van der Waals surface area (Å²) in [4.78, 5) is 16.0. The maximum Gasteiger partial charge on any atom is 0.264 e. The van der Waals surface area contributed by atoms with Gasteiger partial charge in [0.05, 0.1) is 32.7 Å². The molecule has 5 nitrogen and oxygen atoms in total. The summed E-state index contributed by atoms with van der Waals surface area (Å²) in [6, 6.07) is 38.1. The molecule has 6 rings (SSSR count). The second-order valence-electron chi connectivity index (χ2n) is 10.4. The maximum absolute atomic E-state index is 14.3. The number of rotatable bonds is 8. The average Bonchev–Trinajstić information content (AvgIpc) is 3.39. The number of para-hydroxylation sites is 2. The van der Waals surface area contributed by atoms with E-state index in [9.17, 15) is 13.2 Å². The number of carbonyl (C=O) groups is 1. The molecule has 1 amide bonds. The van der Waals surface area contributed by atoms with Gasteiger partial charge in [-0.3, -0.25) is 9.10 Å². The molecule has 5 aromatic rings. The highest BCUT2D eigenvalue weighted by molar-refractivity contribution is 7.92. The second-order valence-corrected chi connectivity index (χ2v) is 13.1. The van der Waals surface area contributed by atoms with Gasteiger partial charge in [0.15, 0.2) is 0 Å². The van der Waals surface area contributed by atoms with Crippen LogP contribution in [0.25, 0.3) is 0 Å². The summed E-state index contributed by atoms with van der Waals surface area (Å²) in [6.45, 7) is 0.0530. The highest BCUT2D eigenvalue weighted by Gasteiger charge is 2.36. The summed E-state index contributed by atoms with van der Waals surface area (Å²) in [5.74, 6) is -0.347. The van der Waals surface area contributed by atoms with Crippen LogP contribution in [0.2, 0.25) is 10.0 Å². The molecule has 0 N–H and O–H groups in total. The van der Waals surface area contributed by atoms with Crippen LogP contribution in [-0.4, -0.2) is 20.4 Å². The fourth-order valence-electron chi connectivity index (χ4n) is 5.57. The summed E-state index contributed by atoms with van der Waals surface area (Å²) in [6.07, 6.45) is 1.33. The predicted molar refractivity (Wildman–Crippen MR) is 174 cm³/mol. The van der Waals surface area contributed by atoms with E-state index in [1.54, 1.807) is 29.2 Å². The summed E-state index contributed by atoms with van der Waals surface area (Å²) in [7, 11) is -4.17. The van der Waals surface area contributed by atoms with Crippen LogP contribution in [0, 0.1) is 0 Å². The Morgan fingerprint density at radius 2 is 1.37 bits per heavy atom. The minimum Gasteiger partial charge on any atom is -0.304 e. The molecule has 1 heterocycles. The average molecular weight is 628 g/mol. The van der Waals surface area contributed by atoms with Crippen LogP contribution in [0.3, 0.4) is 0 Å². The predicted octanol–water partition coefficient (Wildman–Crippen LogP) is 8.20. The lowest BCUT2D eigenvalue weighted by Crippen LogP contribution is -2.39. The summed E-state index contributed by atoms with van der Waals surface area (Å²) < 4.78 is 29.9. The van der Waals surface area contributed by atoms with Crippen LogP contribution in [0.1, 0.15) is 27.0 Å². The number of nitrogens with zero attached hydrogens (tertiary/aromatic N) is 2. The van der Waals surface area contributed by atoms with Crippen molar-refractivity contribution in [2.45, 2.75) is 30.3 Å². The standard InChI is InChI=1S/C35H28Cl2N2O3S/c36-31-20-19-29(43(41,42)38(24-26-13-5-2-6-14-26)34-18-10-8-16-32(34)37)23-30(31)35(40)39-28(21-25-11-3-1-4-12-25)22-27-15-7-9-17-33(27)39/h1-20,23,28H,21-22,24H2. The highest BCUT2D eigenvalue weighted by Crippen LogP contribution is 2.37. The third-order valence-corrected chi connectivity index (χ3v) is 10.1. The Bertz CT molecular complexity index is 1880. The smallest absolute Gasteiger partial charge is 0.264 e. The number of hydrogen-bond acceptors (Lipinski definition) is 3. The molecular weight excluding hydrogens is 599 g/mol. The molecule has 0 spiro atoms. The first-order valence-electron chi connectivity index (χ1n) is 13.9. The molecule has 216 valence electrons. The van der Waals surface area contributed by atoms with E-state index in [0.717, 1.165) is 22.4 Å². The molecule has 1 unspecified atom stereocenters. The van der Waals surface area contributed by atoms with Gasteiger partial charge in [0.25, 0.3) is 15.9 Å². The van der Waals surface area contributed by atoms with Crippen molar-refractivity contribution in [1.82, 2.24) is 0 Å². The largest absolute Gasteiger partial charge is 0.304 e. The lowest BCUT2D eigenvalue weighted by molar-refractivity contribution is 0.0979. The van der Waals surface area contributed by atoms with Gasteiger partial charge in [-0.1, -0.05) is 114 Å². The monoisotopic (exact) mass is 626 g/mol. The van der Waals surface area contributed by atoms with Gasteiger partial charge in [0.1, 0.15) is 0 Å². The maximum atomic E-state index is 14.3. The van der Waals surface area contributed by atoms with Crippen LogP contribution in [-0.2, 0) is 29.4 Å². The van der Waals surface area contributed by atoms with Gasteiger partial charge in [0, 0.05) is 11.7 Å². The van der Waals surface area contributed by atoms with Crippen LogP contribution in [0.15, 0.2) is 132 Å². The zero-order valence-electron chi connectivity index (χ0n) is 23.1. The number of halogens is 2. The van der Waals surface area contributed by atoms with Crippen molar-refractivity contribution in [1.29, 1.82) is 0 Å². The molecule has 0 fully saturated rings. The van der Waals surface area contributed by atoms with Crippen LogP contribution in [0.5, 0.6) is 0 Å². The lowest BCUT2D eigenvalue weighted by Gasteiger charge is -2.28. The van der Waals surface area contributed by atoms with E-state index in [0.29, 0.717) is 23.6 Å². The Balaban J connectivity index is 1.40. The Labute approximate surface area is 262 Å². The van der Waals surface area contributed by atoms with Crippen molar-refractivity contribution in [3.63, 3.8) is 0 Å². The van der Waals surface area contributed by atoms with E-state index in [1.807, 2.05) is 84.9 Å². The van der Waals surface area contributed by atoms with Gasteiger partial charge in [-0.15, -0.1) is 0 Å². The molecule has 5 aromatic carbocycles. The van der Waals surface area contributed by atoms with Crippen molar-refractivity contribution >= 4 is 50.5 Å². The Hall–Kier alpha value is -4.10. The van der Waals surface area contributed by atoms with Gasteiger partial charge in [-0.05, 0) is 65.9 Å². The van der Waals surface area contributed by atoms with E-state index in [-0.39, 0.29) is 34.0 Å². The zero-order valence-corrected chi connectivity index (χ0v) is 25.4. The number of hydrogen-bond donors (Lipinski definition) is 0. The van der Waals surface area contributed by atoms with Crippen molar-refractivity contribution in [3.05, 3.63) is 160 Å². The molecule has 0 bridgehead atoms. The zero-order chi connectivity index (χ0) is 30.0. The third kappa shape index (κ3) is 5.91. The normalized spacial score (nSPS) is 14.4. The van der Waals surface area contributed by atoms with Gasteiger partial charge < -0.3 is 4.90 Å². The van der Waals surface area contributed by atoms with Crippen molar-refractivity contribution in [2.24, 2.45) is 0 Å². The number of anilines is 2. The number of sulfonamides is 1. The Kier molecular flexibility index (Phi) is 8.26. The minimum absolute atomic E-state index is 0.0526. The van der Waals surface area contributed by atoms with Crippen molar-refractivity contribution in [3.8, 4) is 0 Å². The SMILES string of the molecule is O=C(c1cc(S(=O)(=O)N(Cc2ccccc2)c2ccccc2Cl)ccc1Cl)N1c2ccccc2CC1Cc1ccccc1. The summed E-state index contributed by atoms with van der Waals surface area (Å²) >= 11 is 13.1. The first-order chi connectivity index (χ1) is 20.8. The second kappa shape index (κ2) is 12.3. The number of amides is 1. The number of fused-ring (bicyclic) bond motifs is 1. The summed E-state index contributed by atoms with van der Waals surface area (Å²) in [5, 5.41) is 0.476. The molecule has 8 heteroatoms. The van der Waals surface area contributed by atoms with E-state index < -0.39 is 10.0 Å². The molecule has 0 aliphatic carbocycles. The molecule has 1 atom stereocenters. The molecule has 0 saturated carbocycles. The number of carbonyl (C=O) groups excluding carboxylic acids is 1. The highest BCUT2D eigenvalue weighted by atomic mass is 35.5. The lowest BCUT2D eigenvalue weighted by atomic mass is 10.0. The molecular formula is C35H28Cl2N2O3S. The van der Waals surface area contributed by atoms with E-state index in [1.165, 1.54) is 22.5 Å². The molecule has 0 radical (unpaired) electrons. The van der Waals surface area contributed by atoms with Gasteiger partial charge >= 0.3 is 0 Å². The molecule has 1 aliphatic rings. The third-order valence-electron chi connectivity index (χ3n) is 7.65. The minimum atomic E-state index is -4.17. The van der Waals surface area contributed by atoms with Gasteiger partial charge in [-0.25, -0.2) is 8.42 Å². The van der Waals surface area contributed by atoms with Crippen LogP contribution >= 0.6 is 23.2 Å². The van der Waals surface area contributed by atoms with Crippen molar-refractivity contribution in [2.75, 3.05) is 9.21 Å². The Morgan fingerprint density at radius 1 is 0.744 bits per heavy atom. The van der Waals surface area contributed by atoms with Gasteiger partial charge in [-0.2, -0.15) is 0 Å². The first kappa shape index (κ1) is 29.0. The molecule has 1 aliphatic heterocycles. The van der Waals surface area contributed by atoms with E-state index in [2.05, 4.69) is 0 Å². The number of benzene rings is 5. The van der Waals surface area contributed by atoms with E-state index >= 15 is 0 Å². The molecule has 0 aromatic heterocycles. The Morgan fingerprint density at radius 3 is 2.09 bits per heavy atom. The topological polar surface area (TPSA) is 57.7 Å². The fourth-order valence-corrected chi connectivity index (χ4v) is 7.56. The van der Waals surface area contributed by atoms with Crippen molar-refractivity contribution < 1.29 is 13.2 Å². The van der Waals surface area contributed by atoms with E-state index in [4.69, 9.17) is 23.2 Å². The molecule has 0 saturated heterocycles. The van der Waals surface area contributed by atoms with Crippen LogP contribution < -0.4 is 9.21 Å². The quantitative estimate of drug-likeness (QED) is 0.174.